The molecule has 1 rings (SSSR count). The summed E-state index contributed by atoms with van der Waals surface area (Å²) >= 11 is 0. The van der Waals surface area contributed by atoms with Gasteiger partial charge in [0.05, 0.1) is 0 Å². The molecular formula is C12H20OSi. The summed E-state index contributed by atoms with van der Waals surface area (Å²) in [7, 11) is -1.35. The lowest BCUT2D eigenvalue weighted by atomic mass is 10.0. The van der Waals surface area contributed by atoms with Gasteiger partial charge in [0.1, 0.15) is 0 Å². The van der Waals surface area contributed by atoms with E-state index in [0.29, 0.717) is 5.92 Å². The topological polar surface area (TPSA) is 9.23 Å². The summed E-state index contributed by atoms with van der Waals surface area (Å²) in [6.07, 6.45) is 0. The van der Waals surface area contributed by atoms with Crippen LogP contribution in [0.15, 0.2) is 30.3 Å². The lowest BCUT2D eigenvalue weighted by Crippen LogP contribution is -2.27. The maximum absolute atomic E-state index is 5.88. The summed E-state index contributed by atoms with van der Waals surface area (Å²) < 4.78 is 5.88. The molecule has 0 aromatic heterocycles. The van der Waals surface area contributed by atoms with E-state index >= 15 is 0 Å². The highest BCUT2D eigenvalue weighted by atomic mass is 28.4. The normalized spacial score (nSPS) is 14.0. The van der Waals surface area contributed by atoms with E-state index in [-0.39, 0.29) is 0 Å². The second-order valence-electron chi connectivity index (χ2n) is 4.74. The molecular weight excluding hydrogens is 188 g/mol. The molecule has 0 radical (unpaired) electrons. The Kier molecular flexibility index (Phi) is 3.90. The minimum absolute atomic E-state index is 0.503. The molecule has 14 heavy (non-hydrogen) atoms. The van der Waals surface area contributed by atoms with Crippen molar-refractivity contribution in [3.05, 3.63) is 35.9 Å². The Labute approximate surface area is 88.2 Å². The van der Waals surface area contributed by atoms with Gasteiger partial charge in [-0.25, -0.2) is 0 Å². The Morgan fingerprint density at radius 1 is 1.14 bits per heavy atom. The van der Waals surface area contributed by atoms with Crippen LogP contribution in [0.25, 0.3) is 0 Å². The highest BCUT2D eigenvalue weighted by Gasteiger charge is 2.16. The lowest BCUT2D eigenvalue weighted by molar-refractivity contribution is 0.289. The molecule has 78 valence electrons. The molecule has 1 nitrogen and oxygen atoms in total. The summed E-state index contributed by atoms with van der Waals surface area (Å²) in [4.78, 5) is 0. The van der Waals surface area contributed by atoms with Crippen LogP contribution in [0.1, 0.15) is 18.4 Å². The molecule has 0 aliphatic rings. The Balaban J connectivity index is 2.48. The van der Waals surface area contributed by atoms with Gasteiger partial charge in [-0.1, -0.05) is 37.3 Å². The molecule has 0 N–H and O–H groups in total. The van der Waals surface area contributed by atoms with Crippen molar-refractivity contribution in [2.75, 3.05) is 6.61 Å². The van der Waals surface area contributed by atoms with Crippen molar-refractivity contribution in [3.63, 3.8) is 0 Å². The number of hydrogen-bond donors (Lipinski definition) is 0. The van der Waals surface area contributed by atoms with Gasteiger partial charge in [0.15, 0.2) is 8.32 Å². The van der Waals surface area contributed by atoms with Gasteiger partial charge in [-0.15, -0.1) is 0 Å². The highest BCUT2D eigenvalue weighted by Crippen LogP contribution is 2.16. The van der Waals surface area contributed by atoms with Gasteiger partial charge in [-0.3, -0.25) is 0 Å². The van der Waals surface area contributed by atoms with Crippen molar-refractivity contribution in [1.29, 1.82) is 0 Å². The predicted octanol–water partition coefficient (Wildman–Crippen LogP) is 3.64. The second kappa shape index (κ2) is 4.76. The first-order chi connectivity index (χ1) is 6.49. The van der Waals surface area contributed by atoms with Crippen molar-refractivity contribution in [2.45, 2.75) is 32.5 Å². The zero-order valence-electron chi connectivity index (χ0n) is 9.58. The molecule has 0 amide bonds. The first kappa shape index (κ1) is 11.5. The van der Waals surface area contributed by atoms with Crippen molar-refractivity contribution < 1.29 is 4.43 Å². The van der Waals surface area contributed by atoms with Crippen LogP contribution in [0.3, 0.4) is 0 Å². The van der Waals surface area contributed by atoms with Gasteiger partial charge in [0.25, 0.3) is 0 Å². The Bertz CT molecular complexity index is 263. The van der Waals surface area contributed by atoms with Gasteiger partial charge in [-0.05, 0) is 25.2 Å². The maximum atomic E-state index is 5.88. The molecule has 0 aliphatic carbocycles. The van der Waals surface area contributed by atoms with E-state index in [1.54, 1.807) is 0 Å². The SMILES string of the molecule is CC(CO[Si](C)(C)C)c1ccccc1. The van der Waals surface area contributed by atoms with Crippen LogP contribution in [-0.2, 0) is 4.43 Å². The summed E-state index contributed by atoms with van der Waals surface area (Å²) in [6.45, 7) is 9.75. The fourth-order valence-corrected chi connectivity index (χ4v) is 2.00. The molecule has 0 heterocycles. The van der Waals surface area contributed by atoms with Crippen molar-refractivity contribution >= 4 is 8.32 Å². The average molecular weight is 208 g/mol. The first-order valence-corrected chi connectivity index (χ1v) is 8.59. The Morgan fingerprint density at radius 3 is 2.21 bits per heavy atom. The molecule has 0 saturated heterocycles. The number of benzene rings is 1. The van der Waals surface area contributed by atoms with Crippen molar-refractivity contribution in [3.8, 4) is 0 Å². The molecule has 0 spiro atoms. The summed E-state index contributed by atoms with van der Waals surface area (Å²) in [5.41, 5.74) is 1.37. The molecule has 0 fully saturated rings. The third-order valence-electron chi connectivity index (χ3n) is 2.13. The zero-order chi connectivity index (χ0) is 10.6. The maximum Gasteiger partial charge on any atom is 0.183 e. The van der Waals surface area contributed by atoms with E-state index in [1.165, 1.54) is 5.56 Å². The van der Waals surface area contributed by atoms with Crippen LogP contribution < -0.4 is 0 Å². The van der Waals surface area contributed by atoms with Crippen LogP contribution in [0.4, 0.5) is 0 Å². The van der Waals surface area contributed by atoms with Gasteiger partial charge < -0.3 is 4.43 Å². The second-order valence-corrected chi connectivity index (χ2v) is 9.25. The largest absolute Gasteiger partial charge is 0.417 e. The van der Waals surface area contributed by atoms with Crippen molar-refractivity contribution in [1.82, 2.24) is 0 Å². The molecule has 0 saturated carbocycles. The summed E-state index contributed by atoms with van der Waals surface area (Å²) in [5, 5.41) is 0. The molecule has 1 unspecified atom stereocenters. The van der Waals surface area contributed by atoms with Crippen molar-refractivity contribution in [2.24, 2.45) is 0 Å². The monoisotopic (exact) mass is 208 g/mol. The summed E-state index contributed by atoms with van der Waals surface area (Å²) in [6, 6.07) is 10.5. The average Bonchev–Trinajstić information content (AvgIpc) is 2.14. The highest BCUT2D eigenvalue weighted by molar-refractivity contribution is 6.69. The molecule has 1 aromatic carbocycles. The molecule has 2 heteroatoms. The fraction of sp³-hybridized carbons (Fsp3) is 0.500. The lowest BCUT2D eigenvalue weighted by Gasteiger charge is -2.20. The molecule has 0 bridgehead atoms. The third kappa shape index (κ3) is 4.07. The van der Waals surface area contributed by atoms with E-state index in [9.17, 15) is 0 Å². The van der Waals surface area contributed by atoms with E-state index in [0.717, 1.165) is 6.61 Å². The number of rotatable bonds is 4. The first-order valence-electron chi connectivity index (χ1n) is 5.18. The minimum Gasteiger partial charge on any atom is -0.417 e. The zero-order valence-corrected chi connectivity index (χ0v) is 10.6. The minimum atomic E-state index is -1.35. The van der Waals surface area contributed by atoms with Crippen LogP contribution in [0.5, 0.6) is 0 Å². The Morgan fingerprint density at radius 2 is 1.71 bits per heavy atom. The smallest absolute Gasteiger partial charge is 0.183 e. The van der Waals surface area contributed by atoms with Crippen LogP contribution in [0.2, 0.25) is 19.6 Å². The van der Waals surface area contributed by atoms with Crippen LogP contribution >= 0.6 is 0 Å². The van der Waals surface area contributed by atoms with Gasteiger partial charge >= 0.3 is 0 Å². The fourth-order valence-electron chi connectivity index (χ4n) is 1.25. The van der Waals surface area contributed by atoms with Gasteiger partial charge in [0, 0.05) is 12.5 Å². The van der Waals surface area contributed by atoms with Gasteiger partial charge in [0.2, 0.25) is 0 Å². The van der Waals surface area contributed by atoms with E-state index in [1.807, 2.05) is 0 Å². The van der Waals surface area contributed by atoms with E-state index < -0.39 is 8.32 Å². The quantitative estimate of drug-likeness (QED) is 0.686. The van der Waals surface area contributed by atoms with E-state index in [2.05, 4.69) is 56.9 Å². The molecule has 1 atom stereocenters. The van der Waals surface area contributed by atoms with Gasteiger partial charge in [-0.2, -0.15) is 0 Å². The van der Waals surface area contributed by atoms with Crippen LogP contribution in [0, 0.1) is 0 Å². The van der Waals surface area contributed by atoms with E-state index in [4.69, 9.17) is 4.43 Å². The predicted molar refractivity (Wildman–Crippen MR) is 64.2 cm³/mol. The Hall–Kier alpha value is -0.603. The molecule has 0 aliphatic heterocycles. The van der Waals surface area contributed by atoms with Crippen LogP contribution in [-0.4, -0.2) is 14.9 Å². The standard InChI is InChI=1S/C12H20OSi/c1-11(10-13-14(2,3)4)12-8-6-5-7-9-12/h5-9,11H,10H2,1-4H3. The third-order valence-corrected chi connectivity index (χ3v) is 3.17. The number of hydrogen-bond acceptors (Lipinski definition) is 1. The molecule has 1 aromatic rings. The summed E-state index contributed by atoms with van der Waals surface area (Å²) in [5.74, 6) is 0.503.